The molecule has 2 N–H and O–H groups in total. The van der Waals surface area contributed by atoms with Gasteiger partial charge in [-0.25, -0.2) is 0 Å². The maximum absolute atomic E-state index is 10.3. The molecule has 0 amide bonds. The molecule has 1 heterocycles. The van der Waals surface area contributed by atoms with Crippen LogP contribution >= 0.6 is 0 Å². The highest BCUT2D eigenvalue weighted by atomic mass is 16.3. The third kappa shape index (κ3) is 3.04. The number of nitrogens with one attached hydrogen (secondary N) is 1. The van der Waals surface area contributed by atoms with E-state index in [0.717, 1.165) is 31.7 Å². The van der Waals surface area contributed by atoms with Crippen molar-refractivity contribution in [3.63, 3.8) is 0 Å². The third-order valence-corrected chi connectivity index (χ3v) is 4.87. The Balaban J connectivity index is 1.95. The Kier molecular flexibility index (Phi) is 4.42. The topological polar surface area (TPSA) is 59.3 Å². The number of phenolic OH excluding ortho intramolecular Hbond substituents is 1. The van der Waals surface area contributed by atoms with Crippen LogP contribution in [0.25, 0.3) is 0 Å². The van der Waals surface area contributed by atoms with Gasteiger partial charge in [-0.15, -0.1) is 0 Å². The van der Waals surface area contributed by atoms with Crippen molar-refractivity contribution in [2.24, 2.45) is 5.92 Å². The summed E-state index contributed by atoms with van der Waals surface area (Å²) in [7, 11) is 0. The molecule has 3 rings (SSSR count). The number of aromatic hydroxyl groups is 1. The number of hydrogen-bond donors (Lipinski definition) is 2. The highest BCUT2D eigenvalue weighted by Gasteiger charge is 2.33. The van der Waals surface area contributed by atoms with E-state index < -0.39 is 0 Å². The predicted molar refractivity (Wildman–Crippen MR) is 82.0 cm³/mol. The van der Waals surface area contributed by atoms with E-state index in [1.807, 2.05) is 6.07 Å². The van der Waals surface area contributed by atoms with Crippen molar-refractivity contribution in [2.45, 2.75) is 31.7 Å². The molecule has 1 aliphatic heterocycles. The molecule has 4 nitrogen and oxygen atoms in total. The highest BCUT2D eigenvalue weighted by Crippen LogP contribution is 2.42. The van der Waals surface area contributed by atoms with E-state index in [0.29, 0.717) is 17.2 Å². The summed E-state index contributed by atoms with van der Waals surface area (Å²) in [6.07, 6.45) is 5.02. The molecule has 0 bridgehead atoms. The molecule has 1 saturated carbocycles. The van der Waals surface area contributed by atoms with Crippen LogP contribution in [0.4, 0.5) is 0 Å². The summed E-state index contributed by atoms with van der Waals surface area (Å²) >= 11 is 0. The maximum Gasteiger partial charge on any atom is 0.120 e. The fourth-order valence-electron chi connectivity index (χ4n) is 3.84. The molecule has 1 aliphatic carbocycles. The standard InChI is InChI=1S/C17H23N3O/c18-12-13-5-6-16(21)15(11-13)17(14-3-1-2-4-14)20-9-7-19-8-10-20/h5-6,11,14,17,19,21H,1-4,7-10H2/t17-/m0/s1. The van der Waals surface area contributed by atoms with E-state index in [2.05, 4.69) is 16.3 Å². The van der Waals surface area contributed by atoms with Gasteiger partial charge in [0.05, 0.1) is 11.6 Å². The Hall–Kier alpha value is -1.57. The Morgan fingerprint density at radius 3 is 2.62 bits per heavy atom. The zero-order valence-electron chi connectivity index (χ0n) is 12.4. The van der Waals surface area contributed by atoms with Crippen molar-refractivity contribution in [1.82, 2.24) is 10.2 Å². The van der Waals surface area contributed by atoms with Gasteiger partial charge in [-0.2, -0.15) is 5.26 Å². The molecular formula is C17H23N3O. The van der Waals surface area contributed by atoms with Gasteiger partial charge in [0, 0.05) is 37.8 Å². The van der Waals surface area contributed by atoms with E-state index in [1.54, 1.807) is 12.1 Å². The largest absolute Gasteiger partial charge is 0.508 e. The quantitative estimate of drug-likeness (QED) is 0.895. The van der Waals surface area contributed by atoms with Crippen LogP contribution in [0.2, 0.25) is 0 Å². The van der Waals surface area contributed by atoms with Crippen molar-refractivity contribution in [3.05, 3.63) is 29.3 Å². The molecule has 1 aromatic rings. The molecule has 1 aromatic carbocycles. The van der Waals surface area contributed by atoms with Crippen LogP contribution in [0.3, 0.4) is 0 Å². The molecule has 0 radical (unpaired) electrons. The normalized spacial score (nSPS) is 22.0. The van der Waals surface area contributed by atoms with E-state index >= 15 is 0 Å². The Morgan fingerprint density at radius 1 is 1.24 bits per heavy atom. The number of benzene rings is 1. The fourth-order valence-corrected chi connectivity index (χ4v) is 3.84. The molecule has 4 heteroatoms. The van der Waals surface area contributed by atoms with Gasteiger partial charge in [0.1, 0.15) is 5.75 Å². The average Bonchev–Trinajstić information content (AvgIpc) is 3.04. The van der Waals surface area contributed by atoms with Crippen LogP contribution in [-0.2, 0) is 0 Å². The lowest BCUT2D eigenvalue weighted by molar-refractivity contribution is 0.123. The maximum atomic E-state index is 10.3. The van der Waals surface area contributed by atoms with Gasteiger partial charge in [0.2, 0.25) is 0 Å². The van der Waals surface area contributed by atoms with Crippen LogP contribution in [0.1, 0.15) is 42.9 Å². The predicted octanol–water partition coefficient (Wildman–Crippen LogP) is 2.40. The summed E-state index contributed by atoms with van der Waals surface area (Å²) in [5, 5.41) is 22.9. The van der Waals surface area contributed by atoms with Gasteiger partial charge in [0.15, 0.2) is 0 Å². The molecule has 1 atom stereocenters. The van der Waals surface area contributed by atoms with Crippen molar-refractivity contribution in [3.8, 4) is 11.8 Å². The molecular weight excluding hydrogens is 262 g/mol. The molecule has 1 saturated heterocycles. The van der Waals surface area contributed by atoms with Crippen LogP contribution in [0.15, 0.2) is 18.2 Å². The summed E-state index contributed by atoms with van der Waals surface area (Å²) in [6.45, 7) is 4.03. The summed E-state index contributed by atoms with van der Waals surface area (Å²) in [4.78, 5) is 2.49. The number of rotatable bonds is 3. The second-order valence-corrected chi connectivity index (χ2v) is 6.16. The molecule has 0 spiro atoms. The Morgan fingerprint density at radius 2 is 1.95 bits per heavy atom. The monoisotopic (exact) mass is 285 g/mol. The van der Waals surface area contributed by atoms with Crippen LogP contribution in [-0.4, -0.2) is 36.2 Å². The minimum atomic E-state index is 0.253. The molecule has 21 heavy (non-hydrogen) atoms. The van der Waals surface area contributed by atoms with Gasteiger partial charge < -0.3 is 10.4 Å². The zero-order chi connectivity index (χ0) is 14.7. The highest BCUT2D eigenvalue weighted by molar-refractivity contribution is 5.43. The lowest BCUT2D eigenvalue weighted by Crippen LogP contribution is -2.46. The number of nitriles is 1. The third-order valence-electron chi connectivity index (χ3n) is 4.87. The van der Waals surface area contributed by atoms with Crippen molar-refractivity contribution < 1.29 is 5.11 Å². The van der Waals surface area contributed by atoms with Crippen molar-refractivity contribution in [2.75, 3.05) is 26.2 Å². The van der Waals surface area contributed by atoms with Gasteiger partial charge in [-0.1, -0.05) is 12.8 Å². The minimum absolute atomic E-state index is 0.253. The summed E-state index contributed by atoms with van der Waals surface area (Å²) in [6, 6.07) is 7.72. The zero-order valence-corrected chi connectivity index (χ0v) is 12.4. The van der Waals surface area contributed by atoms with Gasteiger partial charge in [0.25, 0.3) is 0 Å². The van der Waals surface area contributed by atoms with Gasteiger partial charge >= 0.3 is 0 Å². The molecule has 2 fully saturated rings. The average molecular weight is 285 g/mol. The number of hydrogen-bond acceptors (Lipinski definition) is 4. The molecule has 112 valence electrons. The van der Waals surface area contributed by atoms with Crippen molar-refractivity contribution in [1.29, 1.82) is 5.26 Å². The van der Waals surface area contributed by atoms with E-state index in [4.69, 9.17) is 5.26 Å². The molecule has 0 aromatic heterocycles. The summed E-state index contributed by atoms with van der Waals surface area (Å²) in [5.74, 6) is 0.937. The first-order valence-electron chi connectivity index (χ1n) is 7.97. The van der Waals surface area contributed by atoms with Gasteiger partial charge in [-0.05, 0) is 37.0 Å². The summed E-state index contributed by atoms with van der Waals surface area (Å²) < 4.78 is 0. The second kappa shape index (κ2) is 6.46. The molecule has 2 aliphatic rings. The van der Waals surface area contributed by atoms with E-state index in [9.17, 15) is 5.11 Å². The molecule has 0 unspecified atom stereocenters. The number of piperazine rings is 1. The Bertz CT molecular complexity index is 525. The van der Waals surface area contributed by atoms with Crippen molar-refractivity contribution >= 4 is 0 Å². The summed E-state index contributed by atoms with van der Waals surface area (Å²) in [5.41, 5.74) is 1.59. The van der Waals surface area contributed by atoms with Crippen LogP contribution in [0.5, 0.6) is 5.75 Å². The number of phenols is 1. The van der Waals surface area contributed by atoms with E-state index in [-0.39, 0.29) is 6.04 Å². The van der Waals surface area contributed by atoms with E-state index in [1.165, 1.54) is 25.7 Å². The lowest BCUT2D eigenvalue weighted by atomic mass is 9.88. The number of nitrogens with zero attached hydrogens (tertiary/aromatic N) is 2. The van der Waals surface area contributed by atoms with Crippen LogP contribution < -0.4 is 5.32 Å². The van der Waals surface area contributed by atoms with Crippen LogP contribution in [0, 0.1) is 17.2 Å². The fraction of sp³-hybridized carbons (Fsp3) is 0.588. The smallest absolute Gasteiger partial charge is 0.120 e. The minimum Gasteiger partial charge on any atom is -0.508 e. The first kappa shape index (κ1) is 14.4. The van der Waals surface area contributed by atoms with Gasteiger partial charge in [-0.3, -0.25) is 4.90 Å². The second-order valence-electron chi connectivity index (χ2n) is 6.16. The SMILES string of the molecule is N#Cc1ccc(O)c([C@H](C2CCCC2)N2CCNCC2)c1. The lowest BCUT2D eigenvalue weighted by Gasteiger charge is -2.39. The first-order chi connectivity index (χ1) is 10.3. The first-order valence-corrected chi connectivity index (χ1v) is 7.97. The Labute approximate surface area is 126 Å².